The maximum Gasteiger partial charge on any atom is 0.320 e. The molecule has 1 saturated heterocycles. The Hall–Kier alpha value is -1.54. The zero-order valence-electron chi connectivity index (χ0n) is 12.5. The first-order valence-corrected chi connectivity index (χ1v) is 8.32. The Morgan fingerprint density at radius 3 is 3.09 bits per heavy atom. The van der Waals surface area contributed by atoms with Crippen LogP contribution in [0.3, 0.4) is 0 Å². The lowest BCUT2D eigenvalue weighted by Gasteiger charge is -2.25. The highest BCUT2D eigenvalue weighted by atomic mass is 32.2. The Morgan fingerprint density at radius 2 is 2.36 bits per heavy atom. The number of hydrogen-bond donors (Lipinski definition) is 2. The molecule has 2 N–H and O–H groups in total. The predicted molar refractivity (Wildman–Crippen MR) is 84.5 cm³/mol. The fourth-order valence-corrected chi connectivity index (χ4v) is 4.06. The van der Waals surface area contributed by atoms with E-state index in [2.05, 4.69) is 15.2 Å². The summed E-state index contributed by atoms with van der Waals surface area (Å²) in [5, 5.41) is 15.0. The molecule has 0 radical (unpaired) electrons. The molecule has 3 aliphatic heterocycles. The summed E-state index contributed by atoms with van der Waals surface area (Å²) in [7, 11) is 1.78. The summed E-state index contributed by atoms with van der Waals surface area (Å²) in [4.78, 5) is 31.6. The maximum absolute atomic E-state index is 12.2. The SMILES string of the molecule is CN1C[C@@H](NC(=O)CC2=CSC3=NCCCN23)C[C@H]1C(=O)O. The molecule has 1 fully saturated rings. The van der Waals surface area contributed by atoms with E-state index in [-0.39, 0.29) is 11.9 Å². The van der Waals surface area contributed by atoms with Gasteiger partial charge in [-0.15, -0.1) is 0 Å². The number of carboxylic acids is 1. The number of nitrogens with one attached hydrogen (secondary N) is 1. The molecule has 0 bridgehead atoms. The van der Waals surface area contributed by atoms with Crippen LogP contribution in [-0.2, 0) is 9.59 Å². The Morgan fingerprint density at radius 1 is 1.55 bits per heavy atom. The first-order chi connectivity index (χ1) is 10.5. The topological polar surface area (TPSA) is 85.2 Å². The number of amidine groups is 1. The van der Waals surface area contributed by atoms with Gasteiger partial charge < -0.3 is 15.3 Å². The zero-order chi connectivity index (χ0) is 15.7. The van der Waals surface area contributed by atoms with Gasteiger partial charge in [0.05, 0.1) is 6.42 Å². The Balaban J connectivity index is 1.52. The number of carbonyl (C=O) groups excluding carboxylic acids is 1. The third kappa shape index (κ3) is 3.12. The Labute approximate surface area is 133 Å². The van der Waals surface area contributed by atoms with Crippen molar-refractivity contribution >= 4 is 28.8 Å². The van der Waals surface area contributed by atoms with Crippen molar-refractivity contribution in [1.82, 2.24) is 15.1 Å². The van der Waals surface area contributed by atoms with E-state index in [1.54, 1.807) is 23.7 Å². The van der Waals surface area contributed by atoms with Crippen LogP contribution in [0.1, 0.15) is 19.3 Å². The van der Waals surface area contributed by atoms with Crippen LogP contribution < -0.4 is 5.32 Å². The Bertz CT molecular complexity index is 548. The van der Waals surface area contributed by atoms with E-state index in [0.717, 1.165) is 30.4 Å². The van der Waals surface area contributed by atoms with Gasteiger partial charge in [-0.05, 0) is 25.3 Å². The average Bonchev–Trinajstić information content (AvgIpc) is 3.03. The van der Waals surface area contributed by atoms with Gasteiger partial charge in [-0.25, -0.2) is 0 Å². The van der Waals surface area contributed by atoms with Gasteiger partial charge in [0.2, 0.25) is 5.91 Å². The number of carboxylic acid groups (broad SMARTS) is 1. The fraction of sp³-hybridized carbons (Fsp3) is 0.643. The van der Waals surface area contributed by atoms with Gasteiger partial charge in [0.1, 0.15) is 6.04 Å². The fourth-order valence-electron chi connectivity index (χ4n) is 3.11. The number of thioether (sulfide) groups is 1. The molecule has 3 heterocycles. The third-order valence-corrected chi connectivity index (χ3v) is 5.16. The number of fused-ring (bicyclic) bond motifs is 1. The second-order valence-electron chi connectivity index (χ2n) is 5.87. The third-order valence-electron chi connectivity index (χ3n) is 4.20. The van der Waals surface area contributed by atoms with Crippen LogP contribution in [0, 0.1) is 0 Å². The summed E-state index contributed by atoms with van der Waals surface area (Å²) in [6.07, 6.45) is 1.79. The van der Waals surface area contributed by atoms with Gasteiger partial charge in [0, 0.05) is 31.4 Å². The molecular weight excluding hydrogens is 304 g/mol. The molecule has 3 rings (SSSR count). The van der Waals surface area contributed by atoms with Crippen molar-refractivity contribution < 1.29 is 14.7 Å². The van der Waals surface area contributed by atoms with Crippen LogP contribution in [0.2, 0.25) is 0 Å². The van der Waals surface area contributed by atoms with Crippen LogP contribution in [-0.4, -0.2) is 70.7 Å². The van der Waals surface area contributed by atoms with E-state index >= 15 is 0 Å². The summed E-state index contributed by atoms with van der Waals surface area (Å²) < 4.78 is 0. The van der Waals surface area contributed by atoms with Crippen molar-refractivity contribution in [3.8, 4) is 0 Å². The van der Waals surface area contributed by atoms with Gasteiger partial charge in [-0.1, -0.05) is 11.8 Å². The highest BCUT2D eigenvalue weighted by Crippen LogP contribution is 2.30. The van der Waals surface area contributed by atoms with Gasteiger partial charge in [0.15, 0.2) is 5.17 Å². The van der Waals surface area contributed by atoms with Crippen molar-refractivity contribution in [2.45, 2.75) is 31.3 Å². The van der Waals surface area contributed by atoms with Gasteiger partial charge in [0.25, 0.3) is 0 Å². The number of amides is 1. The molecule has 0 aliphatic carbocycles. The number of nitrogens with zero attached hydrogens (tertiary/aromatic N) is 3. The van der Waals surface area contributed by atoms with E-state index in [1.807, 2.05) is 5.41 Å². The molecule has 1 amide bonds. The maximum atomic E-state index is 12.2. The molecule has 0 aromatic rings. The van der Waals surface area contributed by atoms with Crippen LogP contribution in [0.25, 0.3) is 0 Å². The molecule has 0 aromatic heterocycles. The molecule has 0 aromatic carbocycles. The molecule has 2 atom stereocenters. The monoisotopic (exact) mass is 324 g/mol. The van der Waals surface area contributed by atoms with E-state index in [4.69, 9.17) is 5.11 Å². The molecule has 22 heavy (non-hydrogen) atoms. The molecule has 3 aliphatic rings. The van der Waals surface area contributed by atoms with Gasteiger partial charge in [-0.2, -0.15) is 0 Å². The van der Waals surface area contributed by atoms with Gasteiger partial charge >= 0.3 is 5.97 Å². The first-order valence-electron chi connectivity index (χ1n) is 7.44. The zero-order valence-corrected chi connectivity index (χ0v) is 13.3. The summed E-state index contributed by atoms with van der Waals surface area (Å²) in [6, 6.07) is -0.602. The van der Waals surface area contributed by atoms with E-state index in [9.17, 15) is 9.59 Å². The van der Waals surface area contributed by atoms with E-state index < -0.39 is 12.0 Å². The lowest BCUT2D eigenvalue weighted by atomic mass is 10.1. The van der Waals surface area contributed by atoms with Crippen molar-refractivity contribution in [2.24, 2.45) is 4.99 Å². The number of rotatable bonds is 4. The average molecular weight is 324 g/mol. The second-order valence-corrected chi connectivity index (χ2v) is 6.70. The Kier molecular flexibility index (Phi) is 4.39. The minimum absolute atomic E-state index is 0.0527. The predicted octanol–water partition coefficient (Wildman–Crippen LogP) is 0.300. The number of likely N-dealkylation sites (N-methyl/N-ethyl adjacent to an activating group) is 1. The number of likely N-dealkylation sites (tertiary alicyclic amines) is 1. The molecule has 0 saturated carbocycles. The molecular formula is C14H20N4O3S. The van der Waals surface area contributed by atoms with Crippen molar-refractivity contribution in [2.75, 3.05) is 26.7 Å². The lowest BCUT2D eigenvalue weighted by Crippen LogP contribution is -2.38. The molecule has 7 nitrogen and oxygen atoms in total. The van der Waals surface area contributed by atoms with E-state index in [1.165, 1.54) is 0 Å². The summed E-state index contributed by atoms with van der Waals surface area (Å²) >= 11 is 1.57. The summed E-state index contributed by atoms with van der Waals surface area (Å²) in [5.74, 6) is -0.883. The van der Waals surface area contributed by atoms with Crippen LogP contribution in [0.15, 0.2) is 16.1 Å². The van der Waals surface area contributed by atoms with Crippen molar-refractivity contribution in [1.29, 1.82) is 0 Å². The second kappa shape index (κ2) is 6.29. The van der Waals surface area contributed by atoms with Crippen molar-refractivity contribution in [3.05, 3.63) is 11.1 Å². The highest BCUT2D eigenvalue weighted by Gasteiger charge is 2.35. The molecule has 0 unspecified atom stereocenters. The standard InChI is InChI=1S/C14H20N4O3S/c1-17-7-9(5-11(17)13(20)21)16-12(19)6-10-8-22-14-15-3-2-4-18(10)14/h8-9,11H,2-7H2,1H3,(H,16,19)(H,20,21)/t9-,11-/m0/s1. The minimum Gasteiger partial charge on any atom is -0.480 e. The minimum atomic E-state index is -0.830. The van der Waals surface area contributed by atoms with Crippen LogP contribution >= 0.6 is 11.8 Å². The van der Waals surface area contributed by atoms with E-state index in [0.29, 0.717) is 19.4 Å². The molecule has 0 spiro atoms. The van der Waals surface area contributed by atoms with Crippen molar-refractivity contribution in [3.63, 3.8) is 0 Å². The van der Waals surface area contributed by atoms with Gasteiger partial charge in [-0.3, -0.25) is 19.5 Å². The normalized spacial score (nSPS) is 28.1. The lowest BCUT2D eigenvalue weighted by molar-refractivity contribution is -0.141. The van der Waals surface area contributed by atoms with Crippen LogP contribution in [0.5, 0.6) is 0 Å². The molecule has 8 heteroatoms. The number of hydrogen-bond acceptors (Lipinski definition) is 6. The summed E-state index contributed by atoms with van der Waals surface area (Å²) in [6.45, 7) is 2.35. The number of carbonyl (C=O) groups is 2. The van der Waals surface area contributed by atoms with Crippen LogP contribution in [0.4, 0.5) is 0 Å². The smallest absolute Gasteiger partial charge is 0.320 e. The quantitative estimate of drug-likeness (QED) is 0.774. The first kappa shape index (κ1) is 15.4. The number of aliphatic carboxylic acids is 1. The summed E-state index contributed by atoms with van der Waals surface area (Å²) in [5.41, 5.74) is 0.988. The highest BCUT2D eigenvalue weighted by molar-refractivity contribution is 8.16. The molecule has 120 valence electrons. The largest absolute Gasteiger partial charge is 0.480 e. The number of aliphatic imine (C=N–C) groups is 1.